The summed E-state index contributed by atoms with van der Waals surface area (Å²) in [5.41, 5.74) is 1.86. The van der Waals surface area contributed by atoms with E-state index in [0.717, 1.165) is 50.4 Å². The van der Waals surface area contributed by atoms with Gasteiger partial charge in [-0.3, -0.25) is 4.79 Å². The number of nitrogens with one attached hydrogen (secondary N) is 2. The van der Waals surface area contributed by atoms with Crippen LogP contribution in [0.1, 0.15) is 38.5 Å². The zero-order chi connectivity index (χ0) is 17.5. The molecule has 2 saturated heterocycles. The van der Waals surface area contributed by atoms with E-state index in [0.29, 0.717) is 0 Å². The maximum atomic E-state index is 12.2. The maximum absolute atomic E-state index is 12.2. The lowest BCUT2D eigenvalue weighted by Crippen LogP contribution is -2.40. The maximum Gasteiger partial charge on any atom is 0.319 e. The Labute approximate surface area is 149 Å². The number of anilines is 2. The average Bonchev–Trinajstić information content (AvgIpc) is 3.03. The second-order valence-electron chi connectivity index (χ2n) is 6.81. The lowest BCUT2D eigenvalue weighted by atomic mass is 10.2. The predicted molar refractivity (Wildman–Crippen MR) is 100.0 cm³/mol. The van der Waals surface area contributed by atoms with Gasteiger partial charge in [0, 0.05) is 26.2 Å². The molecule has 3 amide bonds. The summed E-state index contributed by atoms with van der Waals surface area (Å²) >= 11 is 0. The van der Waals surface area contributed by atoms with Gasteiger partial charge in [-0.25, -0.2) is 4.79 Å². The fourth-order valence-electron chi connectivity index (χ4n) is 3.57. The molecule has 0 saturated carbocycles. The second kappa shape index (κ2) is 8.74. The van der Waals surface area contributed by atoms with Gasteiger partial charge in [0.2, 0.25) is 5.91 Å². The van der Waals surface area contributed by atoms with E-state index in [4.69, 9.17) is 0 Å². The Kier molecular flexibility index (Phi) is 6.14. The summed E-state index contributed by atoms with van der Waals surface area (Å²) in [5, 5.41) is 5.60. The van der Waals surface area contributed by atoms with Crippen molar-refractivity contribution in [3.8, 4) is 0 Å². The highest BCUT2D eigenvalue weighted by atomic mass is 16.2. The third kappa shape index (κ3) is 4.87. The number of para-hydroxylation sites is 2. The Balaban J connectivity index is 1.56. The Hall–Kier alpha value is -2.24. The van der Waals surface area contributed by atoms with Crippen molar-refractivity contribution in [1.29, 1.82) is 0 Å². The molecule has 0 unspecified atom stereocenters. The zero-order valence-electron chi connectivity index (χ0n) is 14.8. The number of carbonyl (C=O) groups is 2. The molecule has 0 aromatic heterocycles. The summed E-state index contributed by atoms with van der Waals surface area (Å²) in [6.07, 6.45) is 7.02. The number of benzene rings is 1. The first-order valence-electron chi connectivity index (χ1n) is 9.40. The van der Waals surface area contributed by atoms with Crippen molar-refractivity contribution < 1.29 is 9.59 Å². The highest BCUT2D eigenvalue weighted by molar-refractivity contribution is 5.95. The molecule has 25 heavy (non-hydrogen) atoms. The minimum absolute atomic E-state index is 0.00606. The first kappa shape index (κ1) is 17.6. The Morgan fingerprint density at radius 2 is 1.52 bits per heavy atom. The summed E-state index contributed by atoms with van der Waals surface area (Å²) in [6, 6.07) is 7.57. The molecule has 2 N–H and O–H groups in total. The van der Waals surface area contributed by atoms with Gasteiger partial charge in [-0.2, -0.15) is 0 Å². The Morgan fingerprint density at radius 3 is 2.24 bits per heavy atom. The number of likely N-dealkylation sites (tertiary alicyclic amines) is 1. The van der Waals surface area contributed by atoms with Crippen LogP contribution in [-0.2, 0) is 4.79 Å². The van der Waals surface area contributed by atoms with Gasteiger partial charge in [0.15, 0.2) is 0 Å². The molecule has 1 aromatic rings. The summed E-state index contributed by atoms with van der Waals surface area (Å²) in [5.74, 6) is -0.00606. The Bertz CT molecular complexity index is 591. The van der Waals surface area contributed by atoms with Crippen LogP contribution in [0.25, 0.3) is 0 Å². The van der Waals surface area contributed by atoms with Gasteiger partial charge in [-0.15, -0.1) is 0 Å². The van der Waals surface area contributed by atoms with Crippen LogP contribution in [0.2, 0.25) is 0 Å². The molecule has 1 aromatic carbocycles. The zero-order valence-corrected chi connectivity index (χ0v) is 14.8. The van der Waals surface area contributed by atoms with Gasteiger partial charge in [-0.1, -0.05) is 25.0 Å². The molecular formula is C19H28N4O2. The molecule has 6 heteroatoms. The normalized spacial score (nSPS) is 17.9. The van der Waals surface area contributed by atoms with E-state index in [-0.39, 0.29) is 18.5 Å². The fourth-order valence-corrected chi connectivity index (χ4v) is 3.57. The lowest BCUT2D eigenvalue weighted by Gasteiger charge is -2.25. The smallest absolute Gasteiger partial charge is 0.319 e. The van der Waals surface area contributed by atoms with Gasteiger partial charge in [-0.05, 0) is 37.8 Å². The van der Waals surface area contributed by atoms with Gasteiger partial charge >= 0.3 is 6.03 Å². The molecule has 0 radical (unpaired) electrons. The number of amides is 3. The first-order chi connectivity index (χ1) is 12.2. The molecule has 2 aliphatic rings. The van der Waals surface area contributed by atoms with Crippen molar-refractivity contribution in [1.82, 2.24) is 10.2 Å². The van der Waals surface area contributed by atoms with E-state index >= 15 is 0 Å². The standard InChI is InChI=1S/C19H28N4O2/c24-18(23-13-7-8-14-23)15-20-19(25)21-16-9-3-4-10-17(16)22-11-5-1-2-6-12-22/h3-4,9-10H,1-2,5-8,11-15H2,(H2,20,21,25). The second-order valence-corrected chi connectivity index (χ2v) is 6.81. The van der Waals surface area contributed by atoms with E-state index in [9.17, 15) is 9.59 Å². The van der Waals surface area contributed by atoms with Crippen LogP contribution in [0.4, 0.5) is 16.2 Å². The van der Waals surface area contributed by atoms with Crippen LogP contribution in [0, 0.1) is 0 Å². The summed E-state index contributed by atoms with van der Waals surface area (Å²) < 4.78 is 0. The van der Waals surface area contributed by atoms with Crippen molar-refractivity contribution >= 4 is 23.3 Å². The van der Waals surface area contributed by atoms with Gasteiger partial charge in [0.1, 0.15) is 0 Å². The molecule has 0 atom stereocenters. The van der Waals surface area contributed by atoms with Crippen LogP contribution < -0.4 is 15.5 Å². The summed E-state index contributed by atoms with van der Waals surface area (Å²) in [4.78, 5) is 28.4. The highest BCUT2D eigenvalue weighted by Crippen LogP contribution is 2.27. The van der Waals surface area contributed by atoms with Crippen LogP contribution >= 0.6 is 0 Å². The van der Waals surface area contributed by atoms with Crippen molar-refractivity contribution in [2.75, 3.05) is 42.9 Å². The van der Waals surface area contributed by atoms with Gasteiger partial charge in [0.25, 0.3) is 0 Å². The predicted octanol–water partition coefficient (Wildman–Crippen LogP) is 2.81. The van der Waals surface area contributed by atoms with Crippen LogP contribution in [0.15, 0.2) is 24.3 Å². The largest absolute Gasteiger partial charge is 0.370 e. The molecule has 2 fully saturated rings. The van der Waals surface area contributed by atoms with E-state index in [2.05, 4.69) is 21.6 Å². The molecule has 2 aliphatic heterocycles. The minimum atomic E-state index is -0.324. The number of nitrogens with zero attached hydrogens (tertiary/aromatic N) is 2. The molecule has 0 spiro atoms. The number of hydrogen-bond donors (Lipinski definition) is 2. The third-order valence-electron chi connectivity index (χ3n) is 4.96. The number of carbonyl (C=O) groups excluding carboxylic acids is 2. The van der Waals surface area contributed by atoms with Crippen LogP contribution in [0.5, 0.6) is 0 Å². The Morgan fingerprint density at radius 1 is 0.880 bits per heavy atom. The number of urea groups is 1. The fraction of sp³-hybridized carbons (Fsp3) is 0.579. The quantitative estimate of drug-likeness (QED) is 0.883. The van der Waals surface area contributed by atoms with Crippen molar-refractivity contribution in [3.05, 3.63) is 24.3 Å². The molecule has 6 nitrogen and oxygen atoms in total. The van der Waals surface area contributed by atoms with E-state index in [1.165, 1.54) is 25.7 Å². The van der Waals surface area contributed by atoms with Crippen LogP contribution in [-0.4, -0.2) is 49.6 Å². The molecule has 2 heterocycles. The van der Waals surface area contributed by atoms with E-state index in [1.807, 2.05) is 23.1 Å². The topological polar surface area (TPSA) is 64.7 Å². The number of hydrogen-bond acceptors (Lipinski definition) is 3. The minimum Gasteiger partial charge on any atom is -0.370 e. The number of rotatable bonds is 4. The average molecular weight is 344 g/mol. The lowest BCUT2D eigenvalue weighted by molar-refractivity contribution is -0.128. The molecule has 0 bridgehead atoms. The van der Waals surface area contributed by atoms with Gasteiger partial charge < -0.3 is 20.4 Å². The van der Waals surface area contributed by atoms with Crippen molar-refractivity contribution in [3.63, 3.8) is 0 Å². The SMILES string of the molecule is O=C(NCC(=O)N1CCCC1)Nc1ccccc1N1CCCCCC1. The highest BCUT2D eigenvalue weighted by Gasteiger charge is 2.19. The molecular weight excluding hydrogens is 316 g/mol. The first-order valence-corrected chi connectivity index (χ1v) is 9.40. The van der Waals surface area contributed by atoms with Crippen LogP contribution in [0.3, 0.4) is 0 Å². The van der Waals surface area contributed by atoms with Crippen molar-refractivity contribution in [2.24, 2.45) is 0 Å². The van der Waals surface area contributed by atoms with E-state index in [1.54, 1.807) is 0 Å². The molecule has 3 rings (SSSR count). The molecule has 136 valence electrons. The van der Waals surface area contributed by atoms with Crippen molar-refractivity contribution in [2.45, 2.75) is 38.5 Å². The monoisotopic (exact) mass is 344 g/mol. The van der Waals surface area contributed by atoms with E-state index < -0.39 is 0 Å². The summed E-state index contributed by atoms with van der Waals surface area (Å²) in [6.45, 7) is 3.71. The summed E-state index contributed by atoms with van der Waals surface area (Å²) in [7, 11) is 0. The molecule has 0 aliphatic carbocycles. The third-order valence-corrected chi connectivity index (χ3v) is 4.96. The van der Waals surface area contributed by atoms with Gasteiger partial charge in [0.05, 0.1) is 17.9 Å².